The molecule has 2 aromatic carbocycles. The van der Waals surface area contributed by atoms with Crippen LogP contribution in [0.25, 0.3) is 22.7 Å². The lowest BCUT2D eigenvalue weighted by molar-refractivity contribution is 0.371. The first kappa shape index (κ1) is 17.3. The molecule has 25 heavy (non-hydrogen) atoms. The van der Waals surface area contributed by atoms with Crippen LogP contribution in [0.4, 0.5) is 0 Å². The number of rotatable bonds is 3. The number of allylic oxidation sites excluding steroid dienone is 1. The van der Waals surface area contributed by atoms with E-state index in [0.717, 1.165) is 22.2 Å². The molecule has 0 unspecified atom stereocenters. The second kappa shape index (κ2) is 6.76. The topological polar surface area (TPSA) is 81.9 Å². The van der Waals surface area contributed by atoms with Gasteiger partial charge in [-0.15, -0.1) is 0 Å². The summed E-state index contributed by atoms with van der Waals surface area (Å²) in [5, 5.41) is 19.5. The zero-order valence-electron chi connectivity index (χ0n) is 14.0. The van der Waals surface area contributed by atoms with Crippen molar-refractivity contribution in [1.29, 1.82) is 5.26 Å². The Balaban J connectivity index is 2.10. The lowest BCUT2D eigenvalue weighted by Crippen LogP contribution is -1.89. The predicted molar refractivity (Wildman–Crippen MR) is 106 cm³/mol. The highest BCUT2D eigenvalue weighted by Gasteiger charge is 2.12. The van der Waals surface area contributed by atoms with E-state index in [-0.39, 0.29) is 5.75 Å². The highest BCUT2D eigenvalue weighted by Crippen LogP contribution is 2.33. The van der Waals surface area contributed by atoms with Gasteiger partial charge < -0.3 is 14.8 Å². The van der Waals surface area contributed by atoms with E-state index in [0.29, 0.717) is 20.7 Å². The van der Waals surface area contributed by atoms with E-state index in [1.54, 1.807) is 18.2 Å². The van der Waals surface area contributed by atoms with Crippen molar-refractivity contribution >= 4 is 45.3 Å². The molecular weight excluding hydrogens is 429 g/mol. The van der Waals surface area contributed by atoms with Gasteiger partial charge in [-0.25, -0.2) is 4.98 Å². The fourth-order valence-corrected chi connectivity index (χ4v) is 3.18. The van der Waals surface area contributed by atoms with Crippen molar-refractivity contribution in [1.82, 2.24) is 9.97 Å². The Hall–Kier alpha value is -2.53. The number of hydrogen-bond acceptors (Lipinski definition) is 4. The molecule has 0 bridgehead atoms. The predicted octanol–water partition coefficient (Wildman–Crippen LogP) is 4.56. The summed E-state index contributed by atoms with van der Waals surface area (Å²) in [5.41, 5.74) is 5.22. The lowest BCUT2D eigenvalue weighted by atomic mass is 10.1. The number of benzene rings is 2. The molecule has 3 rings (SSSR count). The normalized spacial score (nSPS) is 11.6. The molecule has 1 heterocycles. The van der Waals surface area contributed by atoms with E-state index >= 15 is 0 Å². The Morgan fingerprint density at radius 1 is 1.28 bits per heavy atom. The highest BCUT2D eigenvalue weighted by molar-refractivity contribution is 14.1. The number of aromatic hydroxyl groups is 1. The Labute approximate surface area is 159 Å². The number of aryl methyl sites for hydroxylation is 2. The molecule has 0 saturated heterocycles. The number of aromatic amines is 1. The molecule has 0 aliphatic heterocycles. The Bertz CT molecular complexity index is 1010. The molecule has 0 aliphatic rings. The van der Waals surface area contributed by atoms with Gasteiger partial charge >= 0.3 is 0 Å². The van der Waals surface area contributed by atoms with Gasteiger partial charge in [0.2, 0.25) is 0 Å². The molecule has 0 spiro atoms. The maximum absolute atomic E-state index is 9.94. The molecule has 2 N–H and O–H groups in total. The quantitative estimate of drug-likeness (QED) is 0.458. The summed E-state index contributed by atoms with van der Waals surface area (Å²) in [7, 11) is 1.49. The Morgan fingerprint density at radius 2 is 2.00 bits per heavy atom. The van der Waals surface area contributed by atoms with Crippen LogP contribution in [0.3, 0.4) is 0 Å². The third kappa shape index (κ3) is 3.33. The van der Waals surface area contributed by atoms with Crippen molar-refractivity contribution in [2.24, 2.45) is 0 Å². The van der Waals surface area contributed by atoms with Crippen LogP contribution in [-0.4, -0.2) is 22.2 Å². The SMILES string of the molecule is COc1cc(/C=C(\C#N)c2nc3cc(C)c(C)cc3[nH]2)cc(I)c1O. The van der Waals surface area contributed by atoms with Crippen LogP contribution < -0.4 is 4.74 Å². The van der Waals surface area contributed by atoms with Crippen molar-refractivity contribution in [2.45, 2.75) is 13.8 Å². The van der Waals surface area contributed by atoms with Gasteiger partial charge in [-0.2, -0.15) is 5.26 Å². The summed E-state index contributed by atoms with van der Waals surface area (Å²) in [6.07, 6.45) is 1.72. The number of aromatic nitrogens is 2. The number of nitrogens with zero attached hydrogens (tertiary/aromatic N) is 2. The van der Waals surface area contributed by atoms with Crippen LogP contribution in [0.1, 0.15) is 22.5 Å². The van der Waals surface area contributed by atoms with Gasteiger partial charge in [-0.05, 0) is 83.5 Å². The van der Waals surface area contributed by atoms with E-state index in [9.17, 15) is 10.4 Å². The number of fused-ring (bicyclic) bond motifs is 1. The first-order chi connectivity index (χ1) is 11.9. The molecule has 0 saturated carbocycles. The molecule has 0 atom stereocenters. The highest BCUT2D eigenvalue weighted by atomic mass is 127. The zero-order valence-corrected chi connectivity index (χ0v) is 16.2. The third-order valence-electron chi connectivity index (χ3n) is 4.05. The molecule has 0 aliphatic carbocycles. The number of nitrogens with one attached hydrogen (secondary N) is 1. The monoisotopic (exact) mass is 445 g/mol. The van der Waals surface area contributed by atoms with E-state index in [4.69, 9.17) is 4.74 Å². The standard InChI is InChI=1S/C19H16IN3O2/c1-10-4-15-16(5-11(10)2)23-19(22-15)13(9-21)6-12-7-14(20)18(24)17(8-12)25-3/h4-8,24H,1-3H3,(H,22,23)/b13-6+. The number of hydrogen-bond donors (Lipinski definition) is 2. The first-order valence-corrected chi connectivity index (χ1v) is 8.66. The van der Waals surface area contributed by atoms with Gasteiger partial charge in [0, 0.05) is 0 Å². The number of H-pyrrole nitrogens is 1. The fourth-order valence-electron chi connectivity index (χ4n) is 2.55. The van der Waals surface area contributed by atoms with Crippen LogP contribution >= 0.6 is 22.6 Å². The molecule has 126 valence electrons. The number of methoxy groups -OCH3 is 1. The molecular formula is C19H16IN3O2. The summed E-state index contributed by atoms with van der Waals surface area (Å²) < 4.78 is 5.82. The number of phenolic OH excluding ortho intramolecular Hbond substituents is 1. The summed E-state index contributed by atoms with van der Waals surface area (Å²) in [5.74, 6) is 0.976. The van der Waals surface area contributed by atoms with E-state index in [1.165, 1.54) is 12.7 Å². The van der Waals surface area contributed by atoms with Crippen LogP contribution in [0.15, 0.2) is 24.3 Å². The van der Waals surface area contributed by atoms with Gasteiger partial charge in [0.25, 0.3) is 0 Å². The number of ether oxygens (including phenoxy) is 1. The van der Waals surface area contributed by atoms with Crippen LogP contribution in [0.5, 0.6) is 11.5 Å². The van der Waals surface area contributed by atoms with E-state index in [2.05, 4.69) is 16.0 Å². The van der Waals surface area contributed by atoms with Crippen LogP contribution in [0, 0.1) is 28.7 Å². The third-order valence-corrected chi connectivity index (χ3v) is 4.88. The lowest BCUT2D eigenvalue weighted by Gasteiger charge is -2.06. The van der Waals surface area contributed by atoms with Gasteiger partial charge in [0.05, 0.1) is 27.3 Å². The zero-order chi connectivity index (χ0) is 18.1. The smallest absolute Gasteiger partial charge is 0.171 e. The summed E-state index contributed by atoms with van der Waals surface area (Å²) >= 11 is 2.03. The molecule has 1 aromatic heterocycles. The molecule has 0 fully saturated rings. The number of phenols is 1. The minimum atomic E-state index is 0.0912. The summed E-state index contributed by atoms with van der Waals surface area (Å²) in [6, 6.07) is 9.70. The fraction of sp³-hybridized carbons (Fsp3) is 0.158. The van der Waals surface area contributed by atoms with Crippen molar-refractivity contribution in [3.8, 4) is 17.6 Å². The van der Waals surface area contributed by atoms with Gasteiger partial charge in [-0.3, -0.25) is 0 Å². The Morgan fingerprint density at radius 3 is 2.68 bits per heavy atom. The first-order valence-electron chi connectivity index (χ1n) is 7.58. The second-order valence-electron chi connectivity index (χ2n) is 5.76. The number of nitriles is 1. The van der Waals surface area contributed by atoms with Crippen molar-refractivity contribution in [2.75, 3.05) is 7.11 Å². The average molecular weight is 445 g/mol. The average Bonchev–Trinajstić information content (AvgIpc) is 2.98. The second-order valence-corrected chi connectivity index (χ2v) is 6.92. The largest absolute Gasteiger partial charge is 0.504 e. The van der Waals surface area contributed by atoms with E-state index < -0.39 is 0 Å². The molecule has 0 radical (unpaired) electrons. The van der Waals surface area contributed by atoms with Gasteiger partial charge in [0.1, 0.15) is 11.9 Å². The molecule has 6 heteroatoms. The van der Waals surface area contributed by atoms with Gasteiger partial charge in [-0.1, -0.05) is 0 Å². The maximum Gasteiger partial charge on any atom is 0.171 e. The van der Waals surface area contributed by atoms with Gasteiger partial charge in [0.15, 0.2) is 11.5 Å². The summed E-state index contributed by atoms with van der Waals surface area (Å²) in [6.45, 7) is 4.08. The summed E-state index contributed by atoms with van der Waals surface area (Å²) in [4.78, 5) is 7.74. The van der Waals surface area contributed by atoms with Crippen LogP contribution in [-0.2, 0) is 0 Å². The molecule has 5 nitrogen and oxygen atoms in total. The van der Waals surface area contributed by atoms with Crippen LogP contribution in [0.2, 0.25) is 0 Å². The molecule has 3 aromatic rings. The van der Waals surface area contributed by atoms with Crippen molar-refractivity contribution in [3.63, 3.8) is 0 Å². The number of halogens is 1. The minimum absolute atomic E-state index is 0.0912. The van der Waals surface area contributed by atoms with Crippen molar-refractivity contribution < 1.29 is 9.84 Å². The number of imidazole rings is 1. The van der Waals surface area contributed by atoms with Crippen molar-refractivity contribution in [3.05, 3.63) is 50.4 Å². The molecule has 0 amide bonds. The minimum Gasteiger partial charge on any atom is -0.504 e. The van der Waals surface area contributed by atoms with E-state index in [1.807, 2.05) is 48.6 Å². The Kier molecular flexibility index (Phi) is 4.68. The maximum atomic E-state index is 9.94.